The van der Waals surface area contributed by atoms with Crippen molar-refractivity contribution in [2.24, 2.45) is 0 Å². The zero-order valence-electron chi connectivity index (χ0n) is 14.0. The lowest BCUT2D eigenvalue weighted by molar-refractivity contribution is -0.116. The summed E-state index contributed by atoms with van der Waals surface area (Å²) in [6, 6.07) is 10.3. The number of ether oxygens (including phenoxy) is 2. The van der Waals surface area contributed by atoms with Crippen molar-refractivity contribution < 1.29 is 23.5 Å². The molecule has 0 aliphatic carbocycles. The Labute approximate surface area is 144 Å². The SMILES string of the molecule is COc1cc(OC)cc(C(=O)NCCC(=O)Nc2ccc(F)cc2)c1. The van der Waals surface area contributed by atoms with E-state index in [1.54, 1.807) is 18.2 Å². The van der Waals surface area contributed by atoms with E-state index in [2.05, 4.69) is 10.6 Å². The highest BCUT2D eigenvalue weighted by molar-refractivity contribution is 5.96. The zero-order valence-corrected chi connectivity index (χ0v) is 14.0. The number of amides is 2. The summed E-state index contributed by atoms with van der Waals surface area (Å²) >= 11 is 0. The molecule has 0 saturated carbocycles. The molecule has 0 bridgehead atoms. The Morgan fingerprint density at radius 2 is 1.60 bits per heavy atom. The van der Waals surface area contributed by atoms with Crippen molar-refractivity contribution in [2.45, 2.75) is 6.42 Å². The van der Waals surface area contributed by atoms with Crippen molar-refractivity contribution in [3.63, 3.8) is 0 Å². The van der Waals surface area contributed by atoms with Gasteiger partial charge in [0.2, 0.25) is 5.91 Å². The third-order valence-electron chi connectivity index (χ3n) is 3.38. The molecule has 0 fully saturated rings. The largest absolute Gasteiger partial charge is 0.497 e. The van der Waals surface area contributed by atoms with E-state index in [4.69, 9.17) is 9.47 Å². The molecule has 2 rings (SSSR count). The standard InChI is InChI=1S/C18H19FN2O4/c1-24-15-9-12(10-16(11-15)25-2)18(23)20-8-7-17(22)21-14-5-3-13(19)4-6-14/h3-6,9-11H,7-8H2,1-2H3,(H,20,23)(H,21,22). The van der Waals surface area contributed by atoms with Gasteiger partial charge in [-0.25, -0.2) is 4.39 Å². The molecule has 132 valence electrons. The second-order valence-corrected chi connectivity index (χ2v) is 5.16. The summed E-state index contributed by atoms with van der Waals surface area (Å²) in [6.07, 6.45) is 0.0875. The van der Waals surface area contributed by atoms with Crippen molar-refractivity contribution >= 4 is 17.5 Å². The number of nitrogens with one attached hydrogen (secondary N) is 2. The molecule has 2 amide bonds. The topological polar surface area (TPSA) is 76.7 Å². The third kappa shape index (κ3) is 5.49. The van der Waals surface area contributed by atoms with Gasteiger partial charge in [0.25, 0.3) is 5.91 Å². The summed E-state index contributed by atoms with van der Waals surface area (Å²) in [5.41, 5.74) is 0.866. The van der Waals surface area contributed by atoms with Crippen LogP contribution in [0.15, 0.2) is 42.5 Å². The lowest BCUT2D eigenvalue weighted by Gasteiger charge is -2.09. The van der Waals surface area contributed by atoms with Gasteiger partial charge in [-0.1, -0.05) is 0 Å². The second kappa shape index (κ2) is 8.68. The number of anilines is 1. The summed E-state index contributed by atoms with van der Waals surface area (Å²) < 4.78 is 23.0. The number of carbonyl (C=O) groups is 2. The summed E-state index contributed by atoms with van der Waals surface area (Å²) in [5.74, 6) is -0.00185. The van der Waals surface area contributed by atoms with Crippen molar-refractivity contribution in [3.05, 3.63) is 53.8 Å². The Morgan fingerprint density at radius 1 is 1.00 bits per heavy atom. The van der Waals surface area contributed by atoms with E-state index in [-0.39, 0.29) is 30.6 Å². The molecule has 0 aliphatic rings. The minimum absolute atomic E-state index is 0.0875. The summed E-state index contributed by atoms with van der Waals surface area (Å²) in [4.78, 5) is 24.0. The molecule has 6 nitrogen and oxygen atoms in total. The fourth-order valence-electron chi connectivity index (χ4n) is 2.09. The number of carbonyl (C=O) groups excluding carboxylic acids is 2. The molecular formula is C18H19FN2O4. The minimum Gasteiger partial charge on any atom is -0.497 e. The van der Waals surface area contributed by atoms with Crippen LogP contribution < -0.4 is 20.1 Å². The molecular weight excluding hydrogens is 327 g/mol. The first kappa shape index (κ1) is 18.3. The average Bonchev–Trinajstić information content (AvgIpc) is 2.63. The summed E-state index contributed by atoms with van der Waals surface area (Å²) in [7, 11) is 2.99. The molecule has 0 spiro atoms. The smallest absolute Gasteiger partial charge is 0.251 e. The number of methoxy groups -OCH3 is 2. The number of hydrogen-bond donors (Lipinski definition) is 2. The van der Waals surface area contributed by atoms with E-state index >= 15 is 0 Å². The van der Waals surface area contributed by atoms with Crippen LogP contribution in [-0.2, 0) is 4.79 Å². The number of hydrogen-bond acceptors (Lipinski definition) is 4. The van der Waals surface area contributed by atoms with Gasteiger partial charge >= 0.3 is 0 Å². The van der Waals surface area contributed by atoms with E-state index in [0.29, 0.717) is 22.7 Å². The van der Waals surface area contributed by atoms with Crippen LogP contribution in [0.2, 0.25) is 0 Å². The van der Waals surface area contributed by atoms with Crippen molar-refractivity contribution in [1.82, 2.24) is 5.32 Å². The zero-order chi connectivity index (χ0) is 18.2. The molecule has 0 unspecified atom stereocenters. The van der Waals surface area contributed by atoms with Gasteiger partial charge in [0.1, 0.15) is 17.3 Å². The van der Waals surface area contributed by atoms with Gasteiger partial charge < -0.3 is 20.1 Å². The fourth-order valence-corrected chi connectivity index (χ4v) is 2.09. The highest BCUT2D eigenvalue weighted by Crippen LogP contribution is 2.22. The third-order valence-corrected chi connectivity index (χ3v) is 3.38. The van der Waals surface area contributed by atoms with Gasteiger partial charge in [-0.2, -0.15) is 0 Å². The van der Waals surface area contributed by atoms with Crippen LogP contribution in [0.3, 0.4) is 0 Å². The van der Waals surface area contributed by atoms with E-state index < -0.39 is 0 Å². The highest BCUT2D eigenvalue weighted by atomic mass is 19.1. The maximum absolute atomic E-state index is 12.8. The van der Waals surface area contributed by atoms with Crippen molar-refractivity contribution in [1.29, 1.82) is 0 Å². The lowest BCUT2D eigenvalue weighted by atomic mass is 10.2. The Kier molecular flexibility index (Phi) is 6.33. The molecule has 2 N–H and O–H groups in total. The van der Waals surface area contributed by atoms with Crippen molar-refractivity contribution in [3.8, 4) is 11.5 Å². The van der Waals surface area contributed by atoms with Crippen LogP contribution >= 0.6 is 0 Å². The summed E-state index contributed by atoms with van der Waals surface area (Å²) in [5, 5.41) is 5.28. The molecule has 0 radical (unpaired) electrons. The number of benzene rings is 2. The minimum atomic E-state index is -0.376. The van der Waals surface area contributed by atoms with Crippen LogP contribution in [-0.4, -0.2) is 32.6 Å². The molecule has 2 aromatic rings. The van der Waals surface area contributed by atoms with Gasteiger partial charge in [0.05, 0.1) is 14.2 Å². The first-order valence-electron chi connectivity index (χ1n) is 7.58. The molecule has 7 heteroatoms. The first-order valence-corrected chi connectivity index (χ1v) is 7.58. The molecule has 0 aliphatic heterocycles. The van der Waals surface area contributed by atoms with Gasteiger partial charge in [-0.15, -0.1) is 0 Å². The van der Waals surface area contributed by atoms with Gasteiger partial charge in [-0.3, -0.25) is 9.59 Å². The van der Waals surface area contributed by atoms with Gasteiger partial charge in [0, 0.05) is 30.3 Å². The monoisotopic (exact) mass is 346 g/mol. The maximum atomic E-state index is 12.8. The van der Waals surface area contributed by atoms with Crippen LogP contribution in [0.4, 0.5) is 10.1 Å². The van der Waals surface area contributed by atoms with Crippen LogP contribution in [0.5, 0.6) is 11.5 Å². The van der Waals surface area contributed by atoms with E-state index in [9.17, 15) is 14.0 Å². The number of rotatable bonds is 7. The molecule has 0 atom stereocenters. The van der Waals surface area contributed by atoms with Crippen molar-refractivity contribution in [2.75, 3.05) is 26.1 Å². The first-order chi connectivity index (χ1) is 12.0. The Balaban J connectivity index is 1.85. The van der Waals surface area contributed by atoms with Crippen LogP contribution in [0, 0.1) is 5.82 Å². The van der Waals surface area contributed by atoms with E-state index in [1.807, 2.05) is 0 Å². The normalized spacial score (nSPS) is 10.0. The average molecular weight is 346 g/mol. The molecule has 0 aromatic heterocycles. The Bertz CT molecular complexity index is 725. The molecule has 0 heterocycles. The second-order valence-electron chi connectivity index (χ2n) is 5.16. The fraction of sp³-hybridized carbons (Fsp3) is 0.222. The quantitative estimate of drug-likeness (QED) is 0.808. The summed E-state index contributed by atoms with van der Waals surface area (Å²) in [6.45, 7) is 0.158. The maximum Gasteiger partial charge on any atom is 0.251 e. The highest BCUT2D eigenvalue weighted by Gasteiger charge is 2.10. The van der Waals surface area contributed by atoms with Gasteiger partial charge in [-0.05, 0) is 36.4 Å². The van der Waals surface area contributed by atoms with E-state index in [0.717, 1.165) is 0 Å². The predicted octanol–water partition coefficient (Wildman–Crippen LogP) is 2.60. The Hall–Kier alpha value is -3.09. The molecule has 2 aromatic carbocycles. The van der Waals surface area contributed by atoms with Crippen LogP contribution in [0.1, 0.15) is 16.8 Å². The van der Waals surface area contributed by atoms with Gasteiger partial charge in [0.15, 0.2) is 0 Å². The van der Waals surface area contributed by atoms with Crippen LogP contribution in [0.25, 0.3) is 0 Å². The Morgan fingerprint density at radius 3 is 2.16 bits per heavy atom. The molecule has 0 saturated heterocycles. The molecule has 25 heavy (non-hydrogen) atoms. The predicted molar refractivity (Wildman–Crippen MR) is 91.5 cm³/mol. The van der Waals surface area contributed by atoms with E-state index in [1.165, 1.54) is 38.5 Å². The number of halogens is 1. The lowest BCUT2D eigenvalue weighted by Crippen LogP contribution is -2.27.